The van der Waals surface area contributed by atoms with Crippen LogP contribution in [0, 0.1) is 0 Å². The van der Waals surface area contributed by atoms with E-state index in [0.717, 1.165) is 11.4 Å². The van der Waals surface area contributed by atoms with Gasteiger partial charge in [0.2, 0.25) is 11.0 Å². The van der Waals surface area contributed by atoms with Crippen molar-refractivity contribution in [2.45, 2.75) is 16.5 Å². The fourth-order valence-corrected chi connectivity index (χ4v) is 4.19. The Bertz CT molecular complexity index is 765. The molecule has 3 amide bonds. The van der Waals surface area contributed by atoms with Gasteiger partial charge in [0.05, 0.1) is 12.4 Å². The largest absolute Gasteiger partial charge is 0.497 e. The van der Waals surface area contributed by atoms with Gasteiger partial charge in [-0.2, -0.15) is 0 Å². The zero-order valence-electron chi connectivity index (χ0n) is 13.7. The number of rotatable bonds is 6. The smallest absolute Gasteiger partial charge is 0.324 e. The Morgan fingerprint density at radius 3 is 2.80 bits per heavy atom. The first-order chi connectivity index (χ1) is 12.1. The van der Waals surface area contributed by atoms with E-state index in [0.29, 0.717) is 22.6 Å². The molecule has 1 aromatic heterocycles. The van der Waals surface area contributed by atoms with Crippen molar-refractivity contribution in [2.24, 2.45) is 0 Å². The fraction of sp³-hybridized carbons (Fsp3) is 0.333. The number of carbonyl (C=O) groups is 2. The van der Waals surface area contributed by atoms with Crippen LogP contribution in [0.1, 0.15) is 6.92 Å². The Morgan fingerprint density at radius 2 is 2.16 bits per heavy atom. The number of hydrogen-bond donors (Lipinski definition) is 2. The van der Waals surface area contributed by atoms with Crippen LogP contribution in [-0.4, -0.2) is 52.5 Å². The lowest BCUT2D eigenvalue weighted by Crippen LogP contribution is -2.38. The van der Waals surface area contributed by atoms with Crippen molar-refractivity contribution in [2.75, 3.05) is 25.5 Å². The van der Waals surface area contributed by atoms with Crippen LogP contribution in [0.2, 0.25) is 0 Å². The molecule has 10 heteroatoms. The highest BCUT2D eigenvalue weighted by Gasteiger charge is 2.30. The topological polar surface area (TPSA) is 96.4 Å². The van der Waals surface area contributed by atoms with Gasteiger partial charge in [-0.1, -0.05) is 23.1 Å². The van der Waals surface area contributed by atoms with E-state index in [1.54, 1.807) is 14.0 Å². The Hall–Kier alpha value is -2.33. The second-order valence-corrected chi connectivity index (χ2v) is 7.77. The summed E-state index contributed by atoms with van der Waals surface area (Å²) in [6.45, 7) is 2.66. The third-order valence-electron chi connectivity index (χ3n) is 3.50. The molecule has 3 rings (SSSR count). The number of amides is 3. The standard InChI is InChI=1S/C15H17N5O3S2/c1-9(12(21)20-8-7-16-14(20)22)24-15-19-18-13(25-15)17-10-3-5-11(23-2)6-4-10/h3-6,9H,7-8H2,1-2H3,(H,16,22)(H,17,18)/t9-/m0/s1. The fourth-order valence-electron chi connectivity index (χ4n) is 2.21. The molecule has 1 fully saturated rings. The molecular weight excluding hydrogens is 362 g/mol. The first-order valence-electron chi connectivity index (χ1n) is 7.57. The van der Waals surface area contributed by atoms with Gasteiger partial charge in [-0.05, 0) is 31.2 Å². The normalized spacial score (nSPS) is 15.0. The van der Waals surface area contributed by atoms with E-state index in [1.165, 1.54) is 28.0 Å². The number of thioether (sulfide) groups is 1. The predicted molar refractivity (Wildman–Crippen MR) is 96.6 cm³/mol. The number of nitrogens with zero attached hydrogens (tertiary/aromatic N) is 3. The Balaban J connectivity index is 1.59. The number of methoxy groups -OCH3 is 1. The van der Waals surface area contributed by atoms with Crippen LogP contribution >= 0.6 is 23.1 Å². The van der Waals surface area contributed by atoms with Gasteiger partial charge in [-0.15, -0.1) is 10.2 Å². The predicted octanol–water partition coefficient (Wildman–Crippen LogP) is 2.32. The minimum atomic E-state index is -0.411. The van der Waals surface area contributed by atoms with Crippen molar-refractivity contribution in [1.82, 2.24) is 20.4 Å². The summed E-state index contributed by atoms with van der Waals surface area (Å²) in [4.78, 5) is 25.1. The molecule has 1 aliphatic heterocycles. The summed E-state index contributed by atoms with van der Waals surface area (Å²) < 4.78 is 5.78. The molecular formula is C15H17N5O3S2. The zero-order chi connectivity index (χ0) is 17.8. The molecule has 1 aromatic carbocycles. The van der Waals surface area contributed by atoms with E-state index in [2.05, 4.69) is 20.8 Å². The van der Waals surface area contributed by atoms with Crippen molar-refractivity contribution in [3.8, 4) is 5.75 Å². The van der Waals surface area contributed by atoms with Crippen LogP contribution in [0.3, 0.4) is 0 Å². The zero-order valence-corrected chi connectivity index (χ0v) is 15.3. The van der Waals surface area contributed by atoms with E-state index < -0.39 is 5.25 Å². The number of aromatic nitrogens is 2. The van der Waals surface area contributed by atoms with Crippen molar-refractivity contribution in [1.29, 1.82) is 0 Å². The molecule has 0 aliphatic carbocycles. The highest BCUT2D eigenvalue weighted by molar-refractivity contribution is 8.02. The molecule has 1 atom stereocenters. The van der Waals surface area contributed by atoms with Crippen molar-refractivity contribution >= 4 is 45.9 Å². The quantitative estimate of drug-likeness (QED) is 0.744. The molecule has 0 bridgehead atoms. The Labute approximate surface area is 153 Å². The van der Waals surface area contributed by atoms with Crippen LogP contribution < -0.4 is 15.4 Å². The van der Waals surface area contributed by atoms with E-state index in [9.17, 15) is 9.59 Å². The Kier molecular flexibility index (Phi) is 5.39. The van der Waals surface area contributed by atoms with Crippen LogP contribution in [-0.2, 0) is 4.79 Å². The number of hydrogen-bond acceptors (Lipinski definition) is 8. The van der Waals surface area contributed by atoms with Crippen LogP contribution in [0.15, 0.2) is 28.6 Å². The minimum Gasteiger partial charge on any atom is -0.497 e. The van der Waals surface area contributed by atoms with Crippen LogP contribution in [0.5, 0.6) is 5.75 Å². The number of imide groups is 1. The maximum absolute atomic E-state index is 12.3. The molecule has 1 aliphatic rings. The second kappa shape index (κ2) is 7.70. The minimum absolute atomic E-state index is 0.222. The molecule has 2 N–H and O–H groups in total. The van der Waals surface area contributed by atoms with Gasteiger partial charge in [0.1, 0.15) is 5.75 Å². The molecule has 8 nitrogen and oxygen atoms in total. The number of anilines is 2. The molecule has 1 saturated heterocycles. The van der Waals surface area contributed by atoms with E-state index >= 15 is 0 Å². The highest BCUT2D eigenvalue weighted by atomic mass is 32.2. The van der Waals surface area contributed by atoms with Crippen molar-refractivity contribution in [3.05, 3.63) is 24.3 Å². The number of urea groups is 1. The average Bonchev–Trinajstić information content (AvgIpc) is 3.23. The van der Waals surface area contributed by atoms with Gasteiger partial charge in [0.15, 0.2) is 4.34 Å². The third kappa shape index (κ3) is 4.20. The molecule has 132 valence electrons. The van der Waals surface area contributed by atoms with Gasteiger partial charge >= 0.3 is 6.03 Å². The highest BCUT2D eigenvalue weighted by Crippen LogP contribution is 2.31. The first kappa shape index (κ1) is 17.5. The lowest BCUT2D eigenvalue weighted by atomic mass is 10.3. The van der Waals surface area contributed by atoms with Crippen LogP contribution in [0.25, 0.3) is 0 Å². The molecule has 2 heterocycles. The summed E-state index contributed by atoms with van der Waals surface area (Å²) in [7, 11) is 1.62. The summed E-state index contributed by atoms with van der Waals surface area (Å²) >= 11 is 2.65. The van der Waals surface area contributed by atoms with E-state index in [-0.39, 0.29) is 11.9 Å². The number of nitrogens with one attached hydrogen (secondary N) is 2. The lowest BCUT2D eigenvalue weighted by Gasteiger charge is -2.16. The second-order valence-electron chi connectivity index (χ2n) is 5.21. The van der Waals surface area contributed by atoms with Gasteiger partial charge in [-0.25, -0.2) is 4.79 Å². The van der Waals surface area contributed by atoms with Gasteiger partial charge < -0.3 is 15.4 Å². The summed E-state index contributed by atoms with van der Waals surface area (Å²) in [5.41, 5.74) is 0.867. The molecule has 0 saturated carbocycles. The molecule has 2 aromatic rings. The summed E-state index contributed by atoms with van der Waals surface area (Å²) in [6.07, 6.45) is 0. The summed E-state index contributed by atoms with van der Waals surface area (Å²) in [5, 5.41) is 14.2. The maximum atomic E-state index is 12.3. The Morgan fingerprint density at radius 1 is 1.40 bits per heavy atom. The van der Waals surface area contributed by atoms with Crippen LogP contribution in [0.4, 0.5) is 15.6 Å². The first-order valence-corrected chi connectivity index (χ1v) is 9.27. The molecule has 0 spiro atoms. The SMILES string of the molecule is COc1ccc(Nc2nnc(S[C@@H](C)C(=O)N3CCNC3=O)s2)cc1. The van der Waals surface area contributed by atoms with E-state index in [1.807, 2.05) is 24.3 Å². The molecule has 0 radical (unpaired) electrons. The number of ether oxygens (including phenoxy) is 1. The van der Waals surface area contributed by atoms with Crippen molar-refractivity contribution < 1.29 is 14.3 Å². The van der Waals surface area contributed by atoms with E-state index in [4.69, 9.17) is 4.74 Å². The van der Waals surface area contributed by atoms with Gasteiger partial charge in [-0.3, -0.25) is 9.69 Å². The average molecular weight is 379 g/mol. The monoisotopic (exact) mass is 379 g/mol. The third-order valence-corrected chi connectivity index (χ3v) is 5.51. The lowest BCUT2D eigenvalue weighted by molar-refractivity contribution is -0.126. The summed E-state index contributed by atoms with van der Waals surface area (Å²) in [6, 6.07) is 7.12. The van der Waals surface area contributed by atoms with Gasteiger partial charge in [0.25, 0.3) is 0 Å². The van der Waals surface area contributed by atoms with Gasteiger partial charge in [0, 0.05) is 18.8 Å². The maximum Gasteiger partial charge on any atom is 0.324 e. The summed E-state index contributed by atoms with van der Waals surface area (Å²) in [5.74, 6) is 0.553. The molecule has 25 heavy (non-hydrogen) atoms. The van der Waals surface area contributed by atoms with Crippen molar-refractivity contribution in [3.63, 3.8) is 0 Å². The number of benzene rings is 1. The number of carbonyl (C=O) groups excluding carboxylic acids is 2. The molecule has 0 unspecified atom stereocenters.